The third kappa shape index (κ3) is 3.60. The summed E-state index contributed by atoms with van der Waals surface area (Å²) in [6.07, 6.45) is 5.52. The van der Waals surface area contributed by atoms with Crippen LogP contribution in [-0.2, 0) is 4.87 Å². The third-order valence-corrected chi connectivity index (χ3v) is 4.76. The van der Waals surface area contributed by atoms with E-state index in [-0.39, 0.29) is 0 Å². The Bertz CT molecular complexity index is 724. The summed E-state index contributed by atoms with van der Waals surface area (Å²) in [5.41, 5.74) is 3.95. The van der Waals surface area contributed by atoms with Gasteiger partial charge in [-0.05, 0) is 25.0 Å². The fraction of sp³-hybridized carbons (Fsp3) is 0.143. The molecule has 0 saturated heterocycles. The average molecular weight is 343 g/mol. The van der Waals surface area contributed by atoms with Crippen molar-refractivity contribution in [2.45, 2.75) is 18.7 Å². The Morgan fingerprint density at radius 1 is 1.00 bits per heavy atom. The van der Waals surface area contributed by atoms with Crippen molar-refractivity contribution in [3.05, 3.63) is 107 Å². The van der Waals surface area contributed by atoms with Gasteiger partial charge in [0.2, 0.25) is 0 Å². The third-order valence-electron chi connectivity index (χ3n) is 3.76. The van der Waals surface area contributed by atoms with Crippen LogP contribution >= 0.6 is 23.2 Å². The zero-order chi connectivity index (χ0) is 16.9. The van der Waals surface area contributed by atoms with Crippen molar-refractivity contribution in [2.24, 2.45) is 0 Å². The van der Waals surface area contributed by atoms with Gasteiger partial charge in [0.25, 0.3) is 0 Å². The van der Waals surface area contributed by atoms with Crippen LogP contribution in [0.2, 0.25) is 0 Å². The first kappa shape index (κ1) is 17.6. The van der Waals surface area contributed by atoms with Gasteiger partial charge < -0.3 is 0 Å². The number of aryl methyl sites for hydroxylation is 1. The molecule has 0 aliphatic rings. The minimum Gasteiger partial charge on any atom is -0.103 e. The number of benzene rings is 2. The monoisotopic (exact) mass is 342 g/mol. The summed E-state index contributed by atoms with van der Waals surface area (Å²) in [5, 5.41) is 0.544. The largest absolute Gasteiger partial charge is 0.121 e. The minimum absolute atomic E-state index is 0.544. The van der Waals surface area contributed by atoms with E-state index < -0.39 is 4.87 Å². The molecule has 0 amide bonds. The second kappa shape index (κ2) is 7.68. The molecule has 0 aliphatic heterocycles. The number of halogens is 2. The Balaban J connectivity index is 2.79. The second-order valence-corrected chi connectivity index (χ2v) is 6.33. The maximum absolute atomic E-state index is 7.22. The number of hydrogen-bond donors (Lipinski definition) is 0. The van der Waals surface area contributed by atoms with E-state index in [0.717, 1.165) is 16.7 Å². The predicted molar refractivity (Wildman–Crippen MR) is 102 cm³/mol. The minimum atomic E-state index is -0.868. The summed E-state index contributed by atoms with van der Waals surface area (Å²) in [6, 6.07) is 18.2. The Morgan fingerprint density at radius 2 is 1.57 bits per heavy atom. The van der Waals surface area contributed by atoms with Gasteiger partial charge in [0, 0.05) is 10.6 Å². The summed E-state index contributed by atoms with van der Waals surface area (Å²) in [4.78, 5) is -0.868. The summed E-state index contributed by atoms with van der Waals surface area (Å²) in [6.45, 7) is 7.80. The van der Waals surface area contributed by atoms with Crippen LogP contribution in [0.4, 0.5) is 0 Å². The van der Waals surface area contributed by atoms with Gasteiger partial charge in [-0.2, -0.15) is 0 Å². The molecule has 0 spiro atoms. The number of hydrogen-bond acceptors (Lipinski definition) is 0. The van der Waals surface area contributed by atoms with E-state index >= 15 is 0 Å². The highest BCUT2D eigenvalue weighted by atomic mass is 35.5. The predicted octanol–water partition coefficient (Wildman–Crippen LogP) is 6.73. The van der Waals surface area contributed by atoms with Gasteiger partial charge in [-0.1, -0.05) is 96.6 Å². The molecule has 2 aromatic rings. The lowest BCUT2D eigenvalue weighted by Crippen LogP contribution is -2.23. The Morgan fingerprint density at radius 3 is 2.09 bits per heavy atom. The molecule has 0 aliphatic carbocycles. The van der Waals surface area contributed by atoms with Crippen LogP contribution in [0.15, 0.2) is 90.0 Å². The second-order valence-electron chi connectivity index (χ2n) is 5.36. The topological polar surface area (TPSA) is 0 Å². The lowest BCUT2D eigenvalue weighted by molar-refractivity contribution is 0.874. The van der Waals surface area contributed by atoms with E-state index in [4.69, 9.17) is 23.2 Å². The van der Waals surface area contributed by atoms with E-state index in [1.807, 2.05) is 61.5 Å². The van der Waals surface area contributed by atoms with Gasteiger partial charge in [-0.25, -0.2) is 0 Å². The summed E-state index contributed by atoms with van der Waals surface area (Å²) < 4.78 is 0. The van der Waals surface area contributed by atoms with Crippen LogP contribution in [0.25, 0.3) is 0 Å². The Labute approximate surface area is 148 Å². The molecular weight excluding hydrogens is 323 g/mol. The fourth-order valence-electron chi connectivity index (χ4n) is 2.56. The normalized spacial score (nSPS) is 15.1. The van der Waals surface area contributed by atoms with Crippen molar-refractivity contribution in [1.29, 1.82) is 0 Å². The molecule has 0 bridgehead atoms. The first-order chi connectivity index (χ1) is 11.0. The van der Waals surface area contributed by atoms with Crippen molar-refractivity contribution in [2.75, 3.05) is 0 Å². The molecule has 23 heavy (non-hydrogen) atoms. The van der Waals surface area contributed by atoms with Crippen LogP contribution in [0, 0.1) is 6.92 Å². The molecule has 0 saturated carbocycles. The van der Waals surface area contributed by atoms with Crippen molar-refractivity contribution < 1.29 is 0 Å². The molecule has 0 aromatic heterocycles. The molecule has 2 heteroatoms. The molecule has 2 aromatic carbocycles. The first-order valence-corrected chi connectivity index (χ1v) is 8.26. The smallest absolute Gasteiger partial charge is 0.103 e. The van der Waals surface area contributed by atoms with E-state index in [9.17, 15) is 0 Å². The van der Waals surface area contributed by atoms with Gasteiger partial charge in [-0.3, -0.25) is 0 Å². The maximum Gasteiger partial charge on any atom is 0.121 e. The van der Waals surface area contributed by atoms with E-state index in [0.29, 0.717) is 5.03 Å². The maximum atomic E-state index is 7.22. The first-order valence-electron chi connectivity index (χ1n) is 7.51. The highest BCUT2D eigenvalue weighted by Gasteiger charge is 2.36. The number of rotatable bonds is 5. The van der Waals surface area contributed by atoms with Gasteiger partial charge in [0.15, 0.2) is 0 Å². The Kier molecular flexibility index (Phi) is 5.87. The molecule has 0 nitrogen and oxygen atoms in total. The van der Waals surface area contributed by atoms with Crippen molar-refractivity contribution in [1.82, 2.24) is 0 Å². The van der Waals surface area contributed by atoms with Gasteiger partial charge in [0.1, 0.15) is 4.87 Å². The molecular formula is C21H20Cl2. The molecule has 1 atom stereocenters. The zero-order valence-electron chi connectivity index (χ0n) is 13.4. The van der Waals surface area contributed by atoms with Gasteiger partial charge in [0.05, 0.1) is 0 Å². The SMILES string of the molecule is C=C/C(Cl)=C(\C=C/C)C(Cl)(c1ccccc1)c1ccc(C)cc1. The van der Waals surface area contributed by atoms with Gasteiger partial charge in [-0.15, -0.1) is 11.6 Å². The van der Waals surface area contributed by atoms with Crippen LogP contribution in [0.5, 0.6) is 0 Å². The van der Waals surface area contributed by atoms with Crippen molar-refractivity contribution in [3.63, 3.8) is 0 Å². The molecule has 1 unspecified atom stereocenters. The highest BCUT2D eigenvalue weighted by molar-refractivity contribution is 6.34. The average Bonchev–Trinajstić information content (AvgIpc) is 2.59. The molecule has 0 heterocycles. The molecule has 0 radical (unpaired) electrons. The number of allylic oxidation sites excluding steroid dienone is 5. The Hall–Kier alpha value is -1.76. The van der Waals surface area contributed by atoms with Crippen molar-refractivity contribution >= 4 is 23.2 Å². The van der Waals surface area contributed by atoms with Crippen LogP contribution in [-0.4, -0.2) is 0 Å². The standard InChI is InChI=1S/C21H20Cl2/c1-4-9-19(20(22)5-2)21(23,17-10-7-6-8-11-17)18-14-12-16(3)13-15-18/h4-15H,2H2,1,3H3/b9-4-,20-19-. The highest BCUT2D eigenvalue weighted by Crippen LogP contribution is 2.45. The summed E-state index contributed by atoms with van der Waals surface area (Å²) in [7, 11) is 0. The summed E-state index contributed by atoms with van der Waals surface area (Å²) in [5.74, 6) is 0. The molecule has 118 valence electrons. The fourth-order valence-corrected chi connectivity index (χ4v) is 3.23. The van der Waals surface area contributed by atoms with E-state index in [1.54, 1.807) is 6.08 Å². The lowest BCUT2D eigenvalue weighted by Gasteiger charge is -2.31. The van der Waals surface area contributed by atoms with E-state index in [2.05, 4.69) is 25.6 Å². The lowest BCUT2D eigenvalue weighted by atomic mass is 9.83. The molecule has 2 rings (SSSR count). The molecule has 0 N–H and O–H groups in total. The van der Waals surface area contributed by atoms with Crippen LogP contribution in [0.3, 0.4) is 0 Å². The van der Waals surface area contributed by atoms with Crippen LogP contribution < -0.4 is 0 Å². The van der Waals surface area contributed by atoms with Gasteiger partial charge >= 0.3 is 0 Å². The van der Waals surface area contributed by atoms with E-state index in [1.165, 1.54) is 5.56 Å². The quantitative estimate of drug-likeness (QED) is 0.417. The zero-order valence-corrected chi connectivity index (χ0v) is 14.9. The van der Waals surface area contributed by atoms with Crippen molar-refractivity contribution in [3.8, 4) is 0 Å². The summed E-state index contributed by atoms with van der Waals surface area (Å²) >= 11 is 13.7. The molecule has 0 fully saturated rings. The van der Waals surface area contributed by atoms with Crippen LogP contribution in [0.1, 0.15) is 23.6 Å². The number of alkyl halides is 1.